The van der Waals surface area contributed by atoms with Gasteiger partial charge < -0.3 is 9.47 Å². The van der Waals surface area contributed by atoms with E-state index in [9.17, 15) is 10.1 Å². The maximum absolute atomic E-state index is 12.0. The smallest absolute Gasteiger partial charge is 0.324 e. The summed E-state index contributed by atoms with van der Waals surface area (Å²) in [6, 6.07) is 18.9. The molecule has 0 aliphatic rings. The number of nitriles is 1. The van der Waals surface area contributed by atoms with E-state index >= 15 is 0 Å². The SMILES string of the molecule is COC(=O)C(C#N)[C@H](c1ccccc1)c1ccccc1OC. The fraction of sp³-hybridized carbons (Fsp3) is 0.222. The van der Waals surface area contributed by atoms with Crippen molar-refractivity contribution in [1.82, 2.24) is 0 Å². The largest absolute Gasteiger partial charge is 0.496 e. The summed E-state index contributed by atoms with van der Waals surface area (Å²) in [6.45, 7) is 0. The molecule has 4 heteroatoms. The van der Waals surface area contributed by atoms with Crippen LogP contribution in [-0.2, 0) is 9.53 Å². The van der Waals surface area contributed by atoms with Gasteiger partial charge in [0.2, 0.25) is 0 Å². The van der Waals surface area contributed by atoms with Gasteiger partial charge >= 0.3 is 5.97 Å². The van der Waals surface area contributed by atoms with Crippen molar-refractivity contribution < 1.29 is 14.3 Å². The second kappa shape index (κ2) is 7.28. The van der Waals surface area contributed by atoms with Crippen LogP contribution in [0.25, 0.3) is 0 Å². The van der Waals surface area contributed by atoms with Crippen molar-refractivity contribution in [2.45, 2.75) is 5.92 Å². The molecule has 22 heavy (non-hydrogen) atoms. The Balaban J connectivity index is 2.60. The van der Waals surface area contributed by atoms with E-state index in [1.54, 1.807) is 7.11 Å². The van der Waals surface area contributed by atoms with Crippen LogP contribution in [0.5, 0.6) is 5.75 Å². The average molecular weight is 295 g/mol. The minimum Gasteiger partial charge on any atom is -0.496 e. The number of rotatable bonds is 5. The Kier molecular flexibility index (Phi) is 5.16. The Morgan fingerprint density at radius 2 is 1.68 bits per heavy atom. The molecule has 0 saturated heterocycles. The van der Waals surface area contributed by atoms with Crippen molar-refractivity contribution in [2.24, 2.45) is 5.92 Å². The number of nitrogens with zero attached hydrogens (tertiary/aromatic N) is 1. The summed E-state index contributed by atoms with van der Waals surface area (Å²) < 4.78 is 10.2. The number of hydrogen-bond acceptors (Lipinski definition) is 4. The van der Waals surface area contributed by atoms with Gasteiger partial charge in [-0.15, -0.1) is 0 Å². The topological polar surface area (TPSA) is 59.3 Å². The molecule has 2 atom stereocenters. The van der Waals surface area contributed by atoms with Crippen LogP contribution in [-0.4, -0.2) is 20.2 Å². The van der Waals surface area contributed by atoms with Crippen molar-refractivity contribution >= 4 is 5.97 Å². The molecule has 0 bridgehead atoms. The summed E-state index contributed by atoms with van der Waals surface area (Å²) in [7, 11) is 2.86. The van der Waals surface area contributed by atoms with Crippen LogP contribution >= 0.6 is 0 Å². The molecule has 0 aliphatic carbocycles. The molecule has 0 aromatic heterocycles. The maximum atomic E-state index is 12.0. The third-order valence-electron chi connectivity index (χ3n) is 3.56. The maximum Gasteiger partial charge on any atom is 0.324 e. The second-order valence-electron chi connectivity index (χ2n) is 4.76. The van der Waals surface area contributed by atoms with E-state index in [4.69, 9.17) is 9.47 Å². The molecule has 0 saturated carbocycles. The van der Waals surface area contributed by atoms with Crippen molar-refractivity contribution in [2.75, 3.05) is 14.2 Å². The molecule has 112 valence electrons. The second-order valence-corrected chi connectivity index (χ2v) is 4.76. The van der Waals surface area contributed by atoms with Crippen LogP contribution in [0.2, 0.25) is 0 Å². The first-order valence-corrected chi connectivity index (χ1v) is 6.88. The molecule has 2 aromatic carbocycles. The third-order valence-corrected chi connectivity index (χ3v) is 3.56. The van der Waals surface area contributed by atoms with Gasteiger partial charge in [0.1, 0.15) is 5.75 Å². The van der Waals surface area contributed by atoms with E-state index < -0.39 is 17.8 Å². The zero-order chi connectivity index (χ0) is 15.9. The Morgan fingerprint density at radius 1 is 1.05 bits per heavy atom. The number of hydrogen-bond donors (Lipinski definition) is 0. The summed E-state index contributed by atoms with van der Waals surface area (Å²) in [5.74, 6) is -1.30. The first-order valence-electron chi connectivity index (χ1n) is 6.88. The minimum atomic E-state index is -0.941. The van der Waals surface area contributed by atoms with Gasteiger partial charge in [-0.1, -0.05) is 48.5 Å². The predicted molar refractivity (Wildman–Crippen MR) is 82.4 cm³/mol. The summed E-state index contributed by atoms with van der Waals surface area (Å²) in [5, 5.41) is 9.49. The number of carbonyl (C=O) groups excluding carboxylic acids is 1. The lowest BCUT2D eigenvalue weighted by Crippen LogP contribution is -2.23. The highest BCUT2D eigenvalue weighted by molar-refractivity contribution is 5.77. The van der Waals surface area contributed by atoms with Crippen molar-refractivity contribution in [3.8, 4) is 11.8 Å². The summed E-state index contributed by atoms with van der Waals surface area (Å²) in [5.41, 5.74) is 1.65. The number of benzene rings is 2. The van der Waals surface area contributed by atoms with Crippen LogP contribution in [0.15, 0.2) is 54.6 Å². The van der Waals surface area contributed by atoms with Crippen LogP contribution < -0.4 is 4.74 Å². The van der Waals surface area contributed by atoms with Crippen LogP contribution in [0.1, 0.15) is 17.0 Å². The third kappa shape index (κ3) is 3.09. The summed E-state index contributed by atoms with van der Waals surface area (Å²) in [6.07, 6.45) is 0. The van der Waals surface area contributed by atoms with E-state index in [0.29, 0.717) is 5.75 Å². The fourth-order valence-corrected chi connectivity index (χ4v) is 2.53. The molecule has 0 aliphatic heterocycles. The highest BCUT2D eigenvalue weighted by Crippen LogP contribution is 2.37. The number of esters is 1. The van der Waals surface area contributed by atoms with Gasteiger partial charge in [0.15, 0.2) is 5.92 Å². The highest BCUT2D eigenvalue weighted by Gasteiger charge is 2.33. The predicted octanol–water partition coefficient (Wildman–Crippen LogP) is 3.14. The molecule has 0 N–H and O–H groups in total. The molecule has 2 rings (SSSR count). The molecule has 1 unspecified atom stereocenters. The normalized spacial score (nSPS) is 12.8. The van der Waals surface area contributed by atoms with E-state index in [1.165, 1.54) is 7.11 Å². The fourth-order valence-electron chi connectivity index (χ4n) is 2.53. The molecule has 4 nitrogen and oxygen atoms in total. The highest BCUT2D eigenvalue weighted by atomic mass is 16.5. The van der Waals surface area contributed by atoms with Gasteiger partial charge in [0.25, 0.3) is 0 Å². The van der Waals surface area contributed by atoms with Crippen molar-refractivity contribution in [1.29, 1.82) is 5.26 Å². The first-order chi connectivity index (χ1) is 10.7. The van der Waals surface area contributed by atoms with Gasteiger partial charge in [0.05, 0.1) is 20.3 Å². The molecular weight excluding hydrogens is 278 g/mol. The van der Waals surface area contributed by atoms with Crippen molar-refractivity contribution in [3.05, 3.63) is 65.7 Å². The van der Waals surface area contributed by atoms with Crippen LogP contribution in [0, 0.1) is 17.2 Å². The minimum absolute atomic E-state index is 0.449. The molecule has 0 fully saturated rings. The van der Waals surface area contributed by atoms with Crippen LogP contribution in [0.3, 0.4) is 0 Å². The number of para-hydroxylation sites is 1. The van der Waals surface area contributed by atoms with E-state index in [-0.39, 0.29) is 0 Å². The quantitative estimate of drug-likeness (QED) is 0.795. The Hall–Kier alpha value is -2.80. The lowest BCUT2D eigenvalue weighted by atomic mass is 9.81. The molecule has 0 amide bonds. The average Bonchev–Trinajstić information content (AvgIpc) is 2.59. The molecule has 0 radical (unpaired) electrons. The lowest BCUT2D eigenvalue weighted by Gasteiger charge is -2.23. The standard InChI is InChI=1S/C18H17NO3/c1-21-16-11-7-6-10-14(16)17(13-8-4-3-5-9-13)15(12-19)18(20)22-2/h3-11,15,17H,1-2H3/t15?,17-/m1/s1. The molecule has 2 aromatic rings. The molecule has 0 spiro atoms. The number of methoxy groups -OCH3 is 2. The van der Waals surface area contributed by atoms with E-state index in [1.807, 2.05) is 54.6 Å². The summed E-state index contributed by atoms with van der Waals surface area (Å²) >= 11 is 0. The molecule has 0 heterocycles. The monoisotopic (exact) mass is 295 g/mol. The molecular formula is C18H17NO3. The lowest BCUT2D eigenvalue weighted by molar-refractivity contribution is -0.143. The Labute approximate surface area is 129 Å². The van der Waals surface area contributed by atoms with Gasteiger partial charge in [-0.25, -0.2) is 0 Å². The van der Waals surface area contributed by atoms with Gasteiger partial charge in [-0.2, -0.15) is 5.26 Å². The number of carbonyl (C=O) groups is 1. The number of ether oxygens (including phenoxy) is 2. The van der Waals surface area contributed by atoms with E-state index in [2.05, 4.69) is 6.07 Å². The zero-order valence-electron chi connectivity index (χ0n) is 12.5. The first kappa shape index (κ1) is 15.6. The van der Waals surface area contributed by atoms with Gasteiger partial charge in [0, 0.05) is 11.5 Å². The van der Waals surface area contributed by atoms with Crippen LogP contribution in [0.4, 0.5) is 0 Å². The zero-order valence-corrected chi connectivity index (χ0v) is 12.5. The van der Waals surface area contributed by atoms with Crippen molar-refractivity contribution in [3.63, 3.8) is 0 Å². The van der Waals surface area contributed by atoms with E-state index in [0.717, 1.165) is 11.1 Å². The summed E-state index contributed by atoms with van der Waals surface area (Å²) in [4.78, 5) is 12.0. The Morgan fingerprint density at radius 3 is 2.27 bits per heavy atom. The Bertz CT molecular complexity index is 676. The van der Waals surface area contributed by atoms with Gasteiger partial charge in [-0.3, -0.25) is 4.79 Å². The van der Waals surface area contributed by atoms with Gasteiger partial charge in [-0.05, 0) is 11.6 Å².